The van der Waals surface area contributed by atoms with Gasteiger partial charge in [-0.2, -0.15) is 0 Å². The third kappa shape index (κ3) is 3.72. The lowest BCUT2D eigenvalue weighted by Gasteiger charge is -2.22. The molecule has 1 fully saturated rings. The van der Waals surface area contributed by atoms with Gasteiger partial charge in [-0.3, -0.25) is 10.1 Å². The number of carbonyl (C=O) groups is 1. The molecule has 1 aliphatic rings. The molecule has 0 atom stereocenters. The number of hydrogen-bond donors (Lipinski definition) is 2. The average molecular weight is 302 g/mol. The SMILES string of the molecule is Cc1ccc(-c2cc(NC(=O)C[NH+]3CCOCC3)on2)cc1. The Kier molecular flexibility index (Phi) is 4.50. The lowest BCUT2D eigenvalue weighted by Crippen LogP contribution is -3.15. The number of quaternary nitrogens is 1. The molecule has 0 saturated carbocycles. The third-order valence-electron chi connectivity index (χ3n) is 3.73. The second kappa shape index (κ2) is 6.72. The lowest BCUT2D eigenvalue weighted by atomic mass is 10.1. The van der Waals surface area contributed by atoms with E-state index in [1.165, 1.54) is 10.5 Å². The summed E-state index contributed by atoms with van der Waals surface area (Å²) < 4.78 is 10.5. The molecule has 6 nitrogen and oxygen atoms in total. The van der Waals surface area contributed by atoms with E-state index in [-0.39, 0.29) is 5.91 Å². The molecule has 1 aromatic carbocycles. The minimum atomic E-state index is -0.0662. The Balaban J connectivity index is 1.59. The summed E-state index contributed by atoms with van der Waals surface area (Å²) >= 11 is 0. The lowest BCUT2D eigenvalue weighted by molar-refractivity contribution is -0.899. The molecule has 0 bridgehead atoms. The van der Waals surface area contributed by atoms with Crippen LogP contribution in [0.15, 0.2) is 34.9 Å². The molecule has 2 N–H and O–H groups in total. The first-order chi connectivity index (χ1) is 10.7. The fourth-order valence-corrected chi connectivity index (χ4v) is 2.44. The van der Waals surface area contributed by atoms with Crippen LogP contribution in [0.3, 0.4) is 0 Å². The van der Waals surface area contributed by atoms with Gasteiger partial charge in [0.1, 0.15) is 18.8 Å². The van der Waals surface area contributed by atoms with Crippen LogP contribution in [0.25, 0.3) is 11.3 Å². The van der Waals surface area contributed by atoms with Gasteiger partial charge in [0, 0.05) is 11.6 Å². The Labute approximate surface area is 129 Å². The van der Waals surface area contributed by atoms with E-state index in [0.29, 0.717) is 31.3 Å². The van der Waals surface area contributed by atoms with Crippen molar-refractivity contribution in [3.8, 4) is 11.3 Å². The summed E-state index contributed by atoms with van der Waals surface area (Å²) in [6.45, 7) is 5.60. The first-order valence-electron chi connectivity index (χ1n) is 7.45. The van der Waals surface area contributed by atoms with E-state index in [2.05, 4.69) is 10.5 Å². The molecule has 0 aliphatic carbocycles. The minimum absolute atomic E-state index is 0.0662. The fourth-order valence-electron chi connectivity index (χ4n) is 2.44. The Morgan fingerprint density at radius 2 is 2.00 bits per heavy atom. The number of aryl methyl sites for hydroxylation is 1. The van der Waals surface area contributed by atoms with E-state index in [1.54, 1.807) is 6.07 Å². The number of benzene rings is 1. The number of ether oxygens (including phenoxy) is 1. The normalized spacial score (nSPS) is 15.7. The number of aromatic nitrogens is 1. The molecule has 116 valence electrons. The quantitative estimate of drug-likeness (QED) is 0.863. The number of anilines is 1. The Hall–Kier alpha value is -2.18. The largest absolute Gasteiger partial charge is 0.370 e. The zero-order valence-corrected chi connectivity index (χ0v) is 12.6. The van der Waals surface area contributed by atoms with Crippen molar-refractivity contribution in [2.75, 3.05) is 38.2 Å². The van der Waals surface area contributed by atoms with Crippen LogP contribution in [0.2, 0.25) is 0 Å². The smallest absolute Gasteiger partial charge is 0.281 e. The van der Waals surface area contributed by atoms with Crippen molar-refractivity contribution in [3.63, 3.8) is 0 Å². The maximum atomic E-state index is 12.0. The van der Waals surface area contributed by atoms with Gasteiger partial charge in [0.2, 0.25) is 5.88 Å². The molecule has 0 unspecified atom stereocenters. The predicted molar refractivity (Wildman–Crippen MR) is 81.7 cm³/mol. The standard InChI is InChI=1S/C16H19N3O3/c1-12-2-4-13(5-3-12)14-10-16(22-18-14)17-15(20)11-19-6-8-21-9-7-19/h2-5,10H,6-9,11H2,1H3,(H,17,20)/p+1. The highest BCUT2D eigenvalue weighted by Gasteiger charge is 2.18. The van der Waals surface area contributed by atoms with Crippen LogP contribution in [0.4, 0.5) is 5.88 Å². The Morgan fingerprint density at radius 1 is 1.27 bits per heavy atom. The topological polar surface area (TPSA) is 68.8 Å². The Bertz CT molecular complexity index is 630. The van der Waals surface area contributed by atoms with Gasteiger partial charge in [-0.25, -0.2) is 0 Å². The first-order valence-corrected chi connectivity index (χ1v) is 7.45. The van der Waals surface area contributed by atoms with Crippen LogP contribution in [0.5, 0.6) is 0 Å². The van der Waals surface area contributed by atoms with Crippen LogP contribution >= 0.6 is 0 Å². The fraction of sp³-hybridized carbons (Fsp3) is 0.375. The van der Waals surface area contributed by atoms with Crippen LogP contribution in [0.1, 0.15) is 5.56 Å². The average Bonchev–Trinajstić information content (AvgIpc) is 2.97. The van der Waals surface area contributed by atoms with E-state index < -0.39 is 0 Å². The zero-order valence-electron chi connectivity index (χ0n) is 12.6. The highest BCUT2D eigenvalue weighted by molar-refractivity contribution is 5.90. The summed E-state index contributed by atoms with van der Waals surface area (Å²) in [6, 6.07) is 9.75. The second-order valence-electron chi connectivity index (χ2n) is 5.53. The molecule has 2 heterocycles. The van der Waals surface area contributed by atoms with E-state index in [0.717, 1.165) is 18.7 Å². The van der Waals surface area contributed by atoms with Crippen molar-refractivity contribution < 1.29 is 19.0 Å². The molecule has 22 heavy (non-hydrogen) atoms. The molecule has 1 aromatic heterocycles. The van der Waals surface area contributed by atoms with Crippen molar-refractivity contribution in [1.29, 1.82) is 0 Å². The van der Waals surface area contributed by atoms with Crippen LogP contribution in [-0.4, -0.2) is 43.9 Å². The van der Waals surface area contributed by atoms with Gasteiger partial charge in [0.25, 0.3) is 5.91 Å². The molecule has 3 rings (SSSR count). The summed E-state index contributed by atoms with van der Waals surface area (Å²) in [4.78, 5) is 13.2. The summed E-state index contributed by atoms with van der Waals surface area (Å²) in [5.41, 5.74) is 2.87. The van der Waals surface area contributed by atoms with Gasteiger partial charge in [-0.15, -0.1) is 0 Å². The summed E-state index contributed by atoms with van der Waals surface area (Å²) in [5, 5.41) is 6.76. The number of nitrogens with one attached hydrogen (secondary N) is 2. The molecule has 0 radical (unpaired) electrons. The predicted octanol–water partition coefficient (Wildman–Crippen LogP) is 0.504. The van der Waals surface area contributed by atoms with E-state index in [9.17, 15) is 4.79 Å². The van der Waals surface area contributed by atoms with E-state index in [4.69, 9.17) is 9.26 Å². The van der Waals surface area contributed by atoms with Gasteiger partial charge in [0.05, 0.1) is 13.2 Å². The number of morpholine rings is 1. The van der Waals surface area contributed by atoms with Crippen LogP contribution in [-0.2, 0) is 9.53 Å². The number of hydrogen-bond acceptors (Lipinski definition) is 4. The minimum Gasteiger partial charge on any atom is -0.370 e. The van der Waals surface area contributed by atoms with Gasteiger partial charge in [-0.1, -0.05) is 35.0 Å². The van der Waals surface area contributed by atoms with Crippen molar-refractivity contribution in [2.24, 2.45) is 0 Å². The zero-order chi connectivity index (χ0) is 15.4. The van der Waals surface area contributed by atoms with Gasteiger partial charge in [-0.05, 0) is 6.92 Å². The van der Waals surface area contributed by atoms with Crippen molar-refractivity contribution in [3.05, 3.63) is 35.9 Å². The van der Waals surface area contributed by atoms with Crippen LogP contribution in [0, 0.1) is 6.92 Å². The van der Waals surface area contributed by atoms with Crippen molar-refractivity contribution in [2.45, 2.75) is 6.92 Å². The molecule has 1 amide bonds. The first kappa shape index (κ1) is 14.7. The molecule has 1 aliphatic heterocycles. The molecule has 6 heteroatoms. The number of rotatable bonds is 4. The van der Waals surface area contributed by atoms with Crippen LogP contribution < -0.4 is 10.2 Å². The van der Waals surface area contributed by atoms with Gasteiger partial charge >= 0.3 is 0 Å². The number of amides is 1. The summed E-state index contributed by atoms with van der Waals surface area (Å²) in [7, 11) is 0. The summed E-state index contributed by atoms with van der Waals surface area (Å²) in [5.74, 6) is 0.316. The Morgan fingerprint density at radius 3 is 2.73 bits per heavy atom. The van der Waals surface area contributed by atoms with Crippen molar-refractivity contribution in [1.82, 2.24) is 5.16 Å². The highest BCUT2D eigenvalue weighted by atomic mass is 16.5. The molecular weight excluding hydrogens is 282 g/mol. The maximum Gasteiger partial charge on any atom is 0.281 e. The molecular formula is C16H20N3O3+. The molecule has 1 saturated heterocycles. The summed E-state index contributed by atoms with van der Waals surface area (Å²) in [6.07, 6.45) is 0. The molecule has 0 spiro atoms. The third-order valence-corrected chi connectivity index (χ3v) is 3.73. The number of carbonyl (C=O) groups excluding carboxylic acids is 1. The second-order valence-corrected chi connectivity index (χ2v) is 5.53. The van der Waals surface area contributed by atoms with Gasteiger partial charge < -0.3 is 14.2 Å². The van der Waals surface area contributed by atoms with E-state index >= 15 is 0 Å². The van der Waals surface area contributed by atoms with Crippen molar-refractivity contribution >= 4 is 11.8 Å². The van der Waals surface area contributed by atoms with Gasteiger partial charge in [0.15, 0.2) is 6.54 Å². The maximum absolute atomic E-state index is 12.0. The number of nitrogens with zero attached hydrogens (tertiary/aromatic N) is 1. The highest BCUT2D eigenvalue weighted by Crippen LogP contribution is 2.21. The molecule has 2 aromatic rings. The monoisotopic (exact) mass is 302 g/mol. The van der Waals surface area contributed by atoms with E-state index in [1.807, 2.05) is 31.2 Å².